The van der Waals surface area contributed by atoms with Gasteiger partial charge in [-0.25, -0.2) is 0 Å². The number of anilines is 1. The predicted octanol–water partition coefficient (Wildman–Crippen LogP) is 3.79. The van der Waals surface area contributed by atoms with Gasteiger partial charge in [-0.05, 0) is 49.4 Å². The number of Topliss-reactive ketones (excluding diaryl/α,β-unsaturated/α-hetero) is 1. The highest BCUT2D eigenvalue weighted by Crippen LogP contribution is 2.42. The lowest BCUT2D eigenvalue weighted by atomic mass is 9.98. The van der Waals surface area contributed by atoms with Gasteiger partial charge in [0.2, 0.25) is 0 Å². The standard InChI is InChI=1S/C25H20N2O5/c1-15-5-8-17(9-6-15)27-22(18-4-2-3-11-26-18)21(24(29)25(27)30)23(28)16-7-10-19-20(14-16)32-13-12-31-19/h2-11,14,22,28H,12-13H2,1H3/b23-21-. The topological polar surface area (TPSA) is 89.0 Å². The maximum Gasteiger partial charge on any atom is 0.300 e. The Balaban J connectivity index is 1.68. The summed E-state index contributed by atoms with van der Waals surface area (Å²) in [5.74, 6) is -0.737. The van der Waals surface area contributed by atoms with E-state index in [4.69, 9.17) is 9.47 Å². The molecule has 0 saturated carbocycles. The molecular formula is C25H20N2O5. The fourth-order valence-corrected chi connectivity index (χ4v) is 3.97. The predicted molar refractivity (Wildman–Crippen MR) is 118 cm³/mol. The molecule has 1 saturated heterocycles. The molecule has 2 aromatic carbocycles. The molecule has 5 rings (SSSR count). The summed E-state index contributed by atoms with van der Waals surface area (Å²) in [6, 6.07) is 16.6. The van der Waals surface area contributed by atoms with E-state index in [1.54, 1.807) is 54.7 Å². The van der Waals surface area contributed by atoms with Crippen LogP contribution in [0.3, 0.4) is 0 Å². The van der Waals surface area contributed by atoms with Crippen molar-refractivity contribution in [1.29, 1.82) is 0 Å². The minimum Gasteiger partial charge on any atom is -0.507 e. The van der Waals surface area contributed by atoms with Crippen LogP contribution >= 0.6 is 0 Å². The van der Waals surface area contributed by atoms with Gasteiger partial charge < -0.3 is 14.6 Å². The first-order valence-electron chi connectivity index (χ1n) is 10.2. The van der Waals surface area contributed by atoms with Gasteiger partial charge in [0.25, 0.3) is 11.7 Å². The number of ether oxygens (including phenoxy) is 2. The molecule has 1 fully saturated rings. The molecule has 2 aliphatic rings. The first-order valence-corrected chi connectivity index (χ1v) is 10.2. The first kappa shape index (κ1) is 19.8. The molecule has 7 nitrogen and oxygen atoms in total. The van der Waals surface area contributed by atoms with Crippen LogP contribution in [0.2, 0.25) is 0 Å². The molecule has 1 amide bonds. The SMILES string of the molecule is Cc1ccc(N2C(=O)C(=O)/C(=C(\O)c3ccc4c(c3)OCCO4)C2c2ccccn2)cc1. The number of hydrogen-bond acceptors (Lipinski definition) is 6. The summed E-state index contributed by atoms with van der Waals surface area (Å²) in [7, 11) is 0. The highest BCUT2D eigenvalue weighted by Gasteiger charge is 2.47. The van der Waals surface area contributed by atoms with E-state index in [-0.39, 0.29) is 11.3 Å². The Morgan fingerprint density at radius 3 is 2.47 bits per heavy atom. The fourth-order valence-electron chi connectivity index (χ4n) is 3.97. The van der Waals surface area contributed by atoms with Crippen LogP contribution in [-0.2, 0) is 9.59 Å². The number of ketones is 1. The minimum absolute atomic E-state index is 0.0223. The third-order valence-corrected chi connectivity index (χ3v) is 5.54. The maximum atomic E-state index is 13.2. The van der Waals surface area contributed by atoms with Crippen LogP contribution in [0.1, 0.15) is 22.9 Å². The van der Waals surface area contributed by atoms with Gasteiger partial charge in [0.15, 0.2) is 11.5 Å². The number of fused-ring (bicyclic) bond motifs is 1. The number of aryl methyl sites for hydroxylation is 1. The molecule has 2 aliphatic heterocycles. The number of carbonyl (C=O) groups is 2. The maximum absolute atomic E-state index is 13.2. The Kier molecular flexibility index (Phi) is 4.86. The average Bonchev–Trinajstić information content (AvgIpc) is 3.10. The number of aliphatic hydroxyl groups is 1. The first-order chi connectivity index (χ1) is 15.5. The normalized spacial score (nSPS) is 19.3. The Bertz CT molecular complexity index is 1230. The number of nitrogens with zero attached hydrogens (tertiary/aromatic N) is 2. The van der Waals surface area contributed by atoms with E-state index in [1.807, 2.05) is 19.1 Å². The van der Waals surface area contributed by atoms with Crippen molar-refractivity contribution in [3.63, 3.8) is 0 Å². The zero-order valence-corrected chi connectivity index (χ0v) is 17.3. The molecule has 0 spiro atoms. The molecule has 160 valence electrons. The average molecular weight is 428 g/mol. The summed E-state index contributed by atoms with van der Waals surface area (Å²) < 4.78 is 11.1. The zero-order valence-electron chi connectivity index (χ0n) is 17.3. The fraction of sp³-hybridized carbons (Fsp3) is 0.160. The van der Waals surface area contributed by atoms with Crippen molar-refractivity contribution >= 4 is 23.1 Å². The van der Waals surface area contributed by atoms with E-state index >= 15 is 0 Å². The number of aliphatic hydroxyl groups excluding tert-OH is 1. The Hall–Kier alpha value is -4.13. The van der Waals surface area contributed by atoms with Crippen molar-refractivity contribution in [2.75, 3.05) is 18.1 Å². The molecule has 7 heteroatoms. The molecule has 0 aliphatic carbocycles. The third-order valence-electron chi connectivity index (χ3n) is 5.54. The largest absolute Gasteiger partial charge is 0.507 e. The van der Waals surface area contributed by atoms with E-state index in [9.17, 15) is 14.7 Å². The second-order valence-corrected chi connectivity index (χ2v) is 7.62. The van der Waals surface area contributed by atoms with Gasteiger partial charge in [-0.1, -0.05) is 23.8 Å². The smallest absolute Gasteiger partial charge is 0.300 e. The molecule has 1 atom stereocenters. The number of benzene rings is 2. The van der Waals surface area contributed by atoms with Crippen LogP contribution in [0.15, 0.2) is 72.4 Å². The van der Waals surface area contributed by atoms with Crippen molar-refractivity contribution in [1.82, 2.24) is 4.98 Å². The highest BCUT2D eigenvalue weighted by atomic mass is 16.6. The van der Waals surface area contributed by atoms with Crippen LogP contribution in [0.5, 0.6) is 11.5 Å². The monoisotopic (exact) mass is 428 g/mol. The number of aromatic nitrogens is 1. The van der Waals surface area contributed by atoms with Crippen LogP contribution in [-0.4, -0.2) is 35.0 Å². The van der Waals surface area contributed by atoms with Gasteiger partial charge in [0.1, 0.15) is 25.0 Å². The zero-order chi connectivity index (χ0) is 22.2. The van der Waals surface area contributed by atoms with Crippen LogP contribution in [0.25, 0.3) is 5.76 Å². The summed E-state index contributed by atoms with van der Waals surface area (Å²) in [5.41, 5.74) is 2.39. The summed E-state index contributed by atoms with van der Waals surface area (Å²) in [4.78, 5) is 32.0. The molecular weight excluding hydrogens is 408 g/mol. The van der Waals surface area contributed by atoms with Crippen molar-refractivity contribution in [3.8, 4) is 11.5 Å². The van der Waals surface area contributed by atoms with E-state index in [0.29, 0.717) is 41.7 Å². The van der Waals surface area contributed by atoms with Gasteiger partial charge in [-0.2, -0.15) is 0 Å². The lowest BCUT2D eigenvalue weighted by Crippen LogP contribution is -2.29. The second kappa shape index (κ2) is 7.85. The molecule has 32 heavy (non-hydrogen) atoms. The number of rotatable bonds is 3. The van der Waals surface area contributed by atoms with Crippen LogP contribution in [0, 0.1) is 6.92 Å². The molecule has 3 heterocycles. The number of amides is 1. The van der Waals surface area contributed by atoms with E-state index in [1.165, 1.54) is 4.90 Å². The molecule has 3 aromatic rings. The van der Waals surface area contributed by atoms with Gasteiger partial charge in [-0.15, -0.1) is 0 Å². The van der Waals surface area contributed by atoms with E-state index < -0.39 is 17.7 Å². The van der Waals surface area contributed by atoms with Crippen molar-refractivity contribution in [2.45, 2.75) is 13.0 Å². The minimum atomic E-state index is -0.868. The Labute approximate surface area is 184 Å². The van der Waals surface area contributed by atoms with Gasteiger partial charge in [0.05, 0.1) is 11.3 Å². The van der Waals surface area contributed by atoms with Crippen LogP contribution < -0.4 is 14.4 Å². The summed E-state index contributed by atoms with van der Waals surface area (Å²) in [6.45, 7) is 2.78. The number of hydrogen-bond donors (Lipinski definition) is 1. The second-order valence-electron chi connectivity index (χ2n) is 7.62. The molecule has 0 bridgehead atoms. The third kappa shape index (κ3) is 3.28. The lowest BCUT2D eigenvalue weighted by molar-refractivity contribution is -0.132. The van der Waals surface area contributed by atoms with Crippen molar-refractivity contribution in [3.05, 3.63) is 89.3 Å². The van der Waals surface area contributed by atoms with Crippen LogP contribution in [0.4, 0.5) is 5.69 Å². The van der Waals surface area contributed by atoms with Gasteiger partial charge >= 0.3 is 0 Å². The molecule has 1 N–H and O–H groups in total. The van der Waals surface area contributed by atoms with Gasteiger partial charge in [-0.3, -0.25) is 19.5 Å². The molecule has 0 radical (unpaired) electrons. The summed E-state index contributed by atoms with van der Waals surface area (Å²) in [5, 5.41) is 11.2. The highest BCUT2D eigenvalue weighted by molar-refractivity contribution is 6.51. The lowest BCUT2D eigenvalue weighted by Gasteiger charge is -2.25. The molecule has 1 aromatic heterocycles. The number of carbonyl (C=O) groups excluding carboxylic acids is 2. The van der Waals surface area contributed by atoms with Crippen molar-refractivity contribution < 1.29 is 24.2 Å². The summed E-state index contributed by atoms with van der Waals surface area (Å²) >= 11 is 0. The Morgan fingerprint density at radius 2 is 1.75 bits per heavy atom. The van der Waals surface area contributed by atoms with Gasteiger partial charge in [0, 0.05) is 17.4 Å². The number of pyridine rings is 1. The quantitative estimate of drug-likeness (QED) is 0.388. The Morgan fingerprint density at radius 1 is 1.00 bits per heavy atom. The summed E-state index contributed by atoms with van der Waals surface area (Å²) in [6.07, 6.45) is 1.59. The van der Waals surface area contributed by atoms with E-state index in [2.05, 4.69) is 4.98 Å². The molecule has 1 unspecified atom stereocenters. The van der Waals surface area contributed by atoms with Crippen molar-refractivity contribution in [2.24, 2.45) is 0 Å². The van der Waals surface area contributed by atoms with E-state index in [0.717, 1.165) is 5.56 Å².